The van der Waals surface area contributed by atoms with E-state index in [4.69, 9.17) is 0 Å². The van der Waals surface area contributed by atoms with E-state index >= 15 is 0 Å². The predicted octanol–water partition coefficient (Wildman–Crippen LogP) is 1.29. The second-order valence-electron chi connectivity index (χ2n) is 10.7. The van der Waals surface area contributed by atoms with E-state index in [9.17, 15) is 39.6 Å². The quantitative estimate of drug-likeness (QED) is 0.121. The van der Waals surface area contributed by atoms with Crippen molar-refractivity contribution in [2.24, 2.45) is 0 Å². The largest absolute Gasteiger partial charge is 3.00 e. The summed E-state index contributed by atoms with van der Waals surface area (Å²) in [5.74, 6) is -6.34. The minimum absolute atomic E-state index is 0. The van der Waals surface area contributed by atoms with Crippen molar-refractivity contribution >= 4 is 58.0 Å². The number of nitrogens with zero attached hydrogens (tertiary/aromatic N) is 3. The number of benzene rings is 5. The number of carboxylic acid groups (broad SMARTS) is 4. The van der Waals surface area contributed by atoms with Crippen molar-refractivity contribution in [3.8, 4) is 0 Å². The minimum atomic E-state index is -1.59. The number of carbonyl (C=O) groups is 4. The SMILES string of the molecule is O=C([O-])CN(CC(=O)[O-])c1ccccc1N(CC(=O)[O-])CC(=O)[O-].[Fe+3].c1ccc([N+](c2ccccc2)(c2ccccc2)c2ccccc2)cc1. The molecule has 0 spiro atoms. The first kappa shape index (κ1) is 38.5. The smallest absolute Gasteiger partial charge is 0.548 e. The Balaban J connectivity index is 0.000000266. The minimum Gasteiger partial charge on any atom is -0.548 e. The molecule has 5 aromatic rings. The van der Waals surface area contributed by atoms with E-state index in [1.165, 1.54) is 47.0 Å². The first-order valence-corrected chi connectivity index (χ1v) is 15.1. The van der Waals surface area contributed by atoms with Crippen molar-refractivity contribution in [1.82, 2.24) is 4.48 Å². The average molecular weight is 715 g/mol. The van der Waals surface area contributed by atoms with Crippen molar-refractivity contribution in [2.45, 2.75) is 0 Å². The molecule has 12 heteroatoms. The number of anilines is 2. The fourth-order valence-corrected chi connectivity index (χ4v) is 5.58. The summed E-state index contributed by atoms with van der Waals surface area (Å²) >= 11 is 0. The second kappa shape index (κ2) is 18.6. The molecule has 5 aromatic carbocycles. The van der Waals surface area contributed by atoms with Crippen LogP contribution < -0.4 is 34.7 Å². The van der Waals surface area contributed by atoms with Gasteiger partial charge < -0.3 is 49.4 Å². The Morgan fingerprint density at radius 1 is 0.380 bits per heavy atom. The van der Waals surface area contributed by atoms with Gasteiger partial charge in [-0.1, -0.05) is 84.9 Å². The Morgan fingerprint density at radius 3 is 0.780 bits per heavy atom. The van der Waals surface area contributed by atoms with Crippen LogP contribution in [0.5, 0.6) is 0 Å². The van der Waals surface area contributed by atoms with Gasteiger partial charge in [0, 0.05) is 48.5 Å². The first-order chi connectivity index (χ1) is 23.6. The summed E-state index contributed by atoms with van der Waals surface area (Å²) < 4.78 is 0.559. The van der Waals surface area contributed by atoms with E-state index in [0.29, 0.717) is 4.48 Å². The average Bonchev–Trinajstić information content (AvgIpc) is 3.09. The van der Waals surface area contributed by atoms with Gasteiger partial charge in [0.1, 0.15) is 22.7 Å². The molecule has 11 nitrogen and oxygen atoms in total. The zero-order valence-electron chi connectivity index (χ0n) is 26.6. The van der Waals surface area contributed by atoms with Crippen molar-refractivity contribution in [3.63, 3.8) is 0 Å². The molecule has 0 amide bonds. The van der Waals surface area contributed by atoms with E-state index < -0.39 is 50.1 Å². The van der Waals surface area contributed by atoms with Crippen LogP contribution in [-0.4, -0.2) is 50.1 Å². The van der Waals surface area contributed by atoms with Crippen LogP contribution in [0.1, 0.15) is 0 Å². The Morgan fingerprint density at radius 2 is 0.580 bits per heavy atom. The van der Waals surface area contributed by atoms with Gasteiger partial charge in [-0.2, -0.15) is 4.48 Å². The van der Waals surface area contributed by atoms with E-state index in [1.54, 1.807) is 0 Å². The number of quaternary nitrogens is 1. The molecule has 0 aliphatic heterocycles. The van der Waals surface area contributed by atoms with E-state index in [2.05, 4.69) is 121 Å². The summed E-state index contributed by atoms with van der Waals surface area (Å²) in [4.78, 5) is 44.9. The van der Waals surface area contributed by atoms with Crippen LogP contribution >= 0.6 is 0 Å². The van der Waals surface area contributed by atoms with Crippen molar-refractivity contribution in [1.29, 1.82) is 0 Å². The molecule has 0 bridgehead atoms. The standard InChI is InChI=1S/C24H20N.C14H16N2O8.Fe/c1-5-13-21(14-6-1)25(22-15-7-2-8-16-22,23-17-9-3-10-18-23)24-19-11-4-12-20-24;17-11(18)5-15(6-12(19)20)9-3-1-2-4-10(9)16(7-13(21)22)8-14(23)24;/h1-20H;1-4H,5-8H2,(H,17,18)(H,19,20)(H,21,22)(H,23,24);/q+1;;+3/p-4. The summed E-state index contributed by atoms with van der Waals surface area (Å²) in [6.45, 7) is -3.30. The zero-order chi connectivity index (χ0) is 35.2. The number of carboxylic acids is 4. The maximum absolute atomic E-state index is 10.8. The molecule has 0 aliphatic rings. The van der Waals surface area contributed by atoms with Crippen LogP contribution in [0, 0.1) is 0 Å². The Hall–Kier alpha value is -5.94. The molecule has 0 atom stereocenters. The third-order valence-corrected chi connectivity index (χ3v) is 7.42. The molecular weight excluding hydrogens is 682 g/mol. The van der Waals surface area contributed by atoms with Gasteiger partial charge in [-0.15, -0.1) is 0 Å². The Kier molecular flexibility index (Phi) is 14.3. The van der Waals surface area contributed by atoms with Crippen molar-refractivity contribution < 1.29 is 56.7 Å². The first-order valence-electron chi connectivity index (χ1n) is 15.1. The van der Waals surface area contributed by atoms with Crippen LogP contribution in [0.3, 0.4) is 0 Å². The van der Waals surface area contributed by atoms with Gasteiger partial charge >= 0.3 is 17.1 Å². The van der Waals surface area contributed by atoms with Gasteiger partial charge in [0.15, 0.2) is 0 Å². The summed E-state index contributed by atoms with van der Waals surface area (Å²) in [6, 6.07) is 48.2. The Bertz CT molecular complexity index is 1600. The number of hydrogen-bond acceptors (Lipinski definition) is 10. The van der Waals surface area contributed by atoms with Gasteiger partial charge in [0.05, 0.1) is 61.4 Å². The number of aliphatic carboxylic acids is 4. The molecular formula is C38H32FeN3O8. The van der Waals surface area contributed by atoms with Crippen LogP contribution in [-0.2, 0) is 36.2 Å². The van der Waals surface area contributed by atoms with Crippen molar-refractivity contribution in [3.05, 3.63) is 146 Å². The zero-order valence-corrected chi connectivity index (χ0v) is 27.8. The molecule has 5 rings (SSSR count). The second-order valence-corrected chi connectivity index (χ2v) is 10.7. The molecule has 0 unspecified atom stereocenters. The molecule has 0 heterocycles. The van der Waals surface area contributed by atoms with Crippen LogP contribution in [0.15, 0.2) is 146 Å². The molecule has 1 radical (unpaired) electrons. The third kappa shape index (κ3) is 9.80. The van der Waals surface area contributed by atoms with Gasteiger partial charge in [-0.05, 0) is 12.1 Å². The summed E-state index contributed by atoms with van der Waals surface area (Å²) in [5, 5.41) is 43.3. The molecule has 0 saturated heterocycles. The van der Waals surface area contributed by atoms with E-state index in [0.717, 1.165) is 9.80 Å². The monoisotopic (exact) mass is 714 g/mol. The fourth-order valence-electron chi connectivity index (χ4n) is 5.58. The molecule has 50 heavy (non-hydrogen) atoms. The van der Waals surface area contributed by atoms with Gasteiger partial charge in [-0.3, -0.25) is 0 Å². The van der Waals surface area contributed by atoms with E-state index in [-0.39, 0.29) is 28.4 Å². The third-order valence-electron chi connectivity index (χ3n) is 7.42. The molecule has 0 aromatic heterocycles. The fraction of sp³-hybridized carbons (Fsp3) is 0.105. The molecule has 0 fully saturated rings. The van der Waals surface area contributed by atoms with Crippen LogP contribution in [0.4, 0.5) is 34.1 Å². The number of para-hydroxylation sites is 6. The molecule has 0 N–H and O–H groups in total. The number of rotatable bonds is 14. The molecule has 0 aliphatic carbocycles. The summed E-state index contributed by atoms with van der Waals surface area (Å²) in [7, 11) is 0. The van der Waals surface area contributed by atoms with Crippen molar-refractivity contribution in [2.75, 3.05) is 36.0 Å². The topological polar surface area (TPSA) is 167 Å². The van der Waals surface area contributed by atoms with Gasteiger partial charge in [-0.25, -0.2) is 0 Å². The molecule has 0 saturated carbocycles. The maximum Gasteiger partial charge on any atom is 3.00 e. The van der Waals surface area contributed by atoms with Gasteiger partial charge in [0.25, 0.3) is 0 Å². The van der Waals surface area contributed by atoms with Crippen LogP contribution in [0.25, 0.3) is 0 Å². The number of hydrogen-bond donors (Lipinski definition) is 0. The predicted molar refractivity (Wildman–Crippen MR) is 177 cm³/mol. The van der Waals surface area contributed by atoms with E-state index in [1.807, 2.05) is 0 Å². The summed E-state index contributed by atoms with van der Waals surface area (Å²) in [5.41, 5.74) is 4.82. The Labute approximate surface area is 299 Å². The van der Waals surface area contributed by atoms with Gasteiger partial charge in [0.2, 0.25) is 0 Å². The summed E-state index contributed by atoms with van der Waals surface area (Å²) in [6.07, 6.45) is 0. The molecule has 255 valence electrons. The normalized spacial score (nSPS) is 10.4. The maximum atomic E-state index is 10.8. The number of carbonyl (C=O) groups excluding carboxylic acids is 4. The van der Waals surface area contributed by atoms with Crippen LogP contribution in [0.2, 0.25) is 0 Å².